The van der Waals surface area contributed by atoms with E-state index < -0.39 is 5.91 Å². The predicted molar refractivity (Wildman–Crippen MR) is 105 cm³/mol. The summed E-state index contributed by atoms with van der Waals surface area (Å²) in [4.78, 5) is 25.2. The molecule has 0 aliphatic rings. The zero-order valence-corrected chi connectivity index (χ0v) is 15.1. The summed E-state index contributed by atoms with van der Waals surface area (Å²) in [7, 11) is 0. The Morgan fingerprint density at radius 3 is 2.62 bits per heavy atom. The zero-order chi connectivity index (χ0) is 18.4. The Kier molecular flexibility index (Phi) is 5.78. The number of hydrogen-bond acceptors (Lipinski definition) is 4. The Hall–Kier alpha value is -2.96. The molecule has 5 nitrogen and oxygen atoms in total. The highest BCUT2D eigenvalue weighted by Gasteiger charge is 2.14. The fraction of sp³-hybridized carbons (Fsp3) is 0. The molecule has 0 radical (unpaired) electrons. The molecule has 3 aromatic rings. The van der Waals surface area contributed by atoms with Gasteiger partial charge < -0.3 is 5.32 Å². The molecule has 1 heterocycles. The van der Waals surface area contributed by atoms with Crippen LogP contribution in [0.25, 0.3) is 0 Å². The van der Waals surface area contributed by atoms with Gasteiger partial charge in [-0.2, -0.15) is 5.10 Å². The fourth-order valence-electron chi connectivity index (χ4n) is 2.19. The monoisotopic (exact) mass is 383 g/mol. The van der Waals surface area contributed by atoms with Crippen molar-refractivity contribution in [3.05, 3.63) is 87.1 Å². The van der Waals surface area contributed by atoms with Crippen LogP contribution in [0.4, 0.5) is 5.69 Å². The van der Waals surface area contributed by atoms with Gasteiger partial charge in [0.25, 0.3) is 11.8 Å². The molecule has 0 aliphatic carbocycles. The van der Waals surface area contributed by atoms with Crippen LogP contribution in [0.2, 0.25) is 5.02 Å². The maximum absolute atomic E-state index is 12.4. The van der Waals surface area contributed by atoms with Crippen LogP contribution >= 0.6 is 22.9 Å². The molecule has 2 N–H and O–H groups in total. The molecule has 0 saturated carbocycles. The predicted octanol–water partition coefficient (Wildman–Crippen LogP) is 4.42. The van der Waals surface area contributed by atoms with Crippen molar-refractivity contribution in [3.8, 4) is 0 Å². The van der Waals surface area contributed by atoms with Gasteiger partial charge in [-0.3, -0.25) is 9.59 Å². The number of carbonyl (C=O) groups excluding carboxylic acids is 2. The van der Waals surface area contributed by atoms with Gasteiger partial charge in [0.2, 0.25) is 0 Å². The first-order valence-corrected chi connectivity index (χ1v) is 8.92. The minimum Gasteiger partial charge on any atom is -0.321 e. The average Bonchev–Trinajstić information content (AvgIpc) is 3.17. The molecule has 2 aromatic carbocycles. The van der Waals surface area contributed by atoms with Gasteiger partial charge >= 0.3 is 0 Å². The zero-order valence-electron chi connectivity index (χ0n) is 13.5. The van der Waals surface area contributed by atoms with E-state index in [0.717, 1.165) is 5.56 Å². The molecule has 130 valence electrons. The van der Waals surface area contributed by atoms with Crippen LogP contribution in [-0.4, -0.2) is 18.0 Å². The van der Waals surface area contributed by atoms with E-state index in [9.17, 15) is 9.59 Å². The highest BCUT2D eigenvalue weighted by atomic mass is 35.5. The Labute approximate surface area is 159 Å². The number of thiophene rings is 1. The fourth-order valence-corrected chi connectivity index (χ4v) is 3.01. The average molecular weight is 384 g/mol. The summed E-state index contributed by atoms with van der Waals surface area (Å²) in [5.74, 6) is -0.687. The van der Waals surface area contributed by atoms with E-state index in [2.05, 4.69) is 15.8 Å². The third-order valence-corrected chi connectivity index (χ3v) is 4.50. The molecular weight excluding hydrogens is 370 g/mol. The van der Waals surface area contributed by atoms with E-state index in [1.54, 1.807) is 54.6 Å². The lowest BCUT2D eigenvalue weighted by Gasteiger charge is -2.09. The lowest BCUT2D eigenvalue weighted by Crippen LogP contribution is -2.21. The molecule has 0 fully saturated rings. The van der Waals surface area contributed by atoms with Gasteiger partial charge in [-0.1, -0.05) is 41.9 Å². The van der Waals surface area contributed by atoms with Crippen molar-refractivity contribution in [1.29, 1.82) is 0 Å². The Balaban J connectivity index is 1.70. The summed E-state index contributed by atoms with van der Waals surface area (Å²) < 4.78 is 0. The molecule has 0 saturated heterocycles. The number of rotatable bonds is 5. The normalized spacial score (nSPS) is 10.7. The lowest BCUT2D eigenvalue weighted by atomic mass is 10.1. The summed E-state index contributed by atoms with van der Waals surface area (Å²) in [5.41, 5.74) is 3.95. The van der Waals surface area contributed by atoms with Crippen LogP contribution in [0, 0.1) is 0 Å². The standard InChI is InChI=1S/C19H14ClN3O2S/c20-14-6-3-5-13(11-14)12-21-23-18(24)15-7-1-2-8-16(15)22-19(25)17-9-4-10-26-17/h1-12H,(H,22,25)(H,23,24)/b21-12-. The quantitative estimate of drug-likeness (QED) is 0.505. The number of hydrogen-bond donors (Lipinski definition) is 2. The molecule has 0 unspecified atom stereocenters. The van der Waals surface area contributed by atoms with Crippen LogP contribution in [-0.2, 0) is 0 Å². The number of nitrogens with one attached hydrogen (secondary N) is 2. The third-order valence-electron chi connectivity index (χ3n) is 3.39. The molecule has 2 amide bonds. The highest BCUT2D eigenvalue weighted by molar-refractivity contribution is 7.12. The van der Waals surface area contributed by atoms with Crippen molar-refractivity contribution in [2.75, 3.05) is 5.32 Å². The Morgan fingerprint density at radius 2 is 1.85 bits per heavy atom. The number of carbonyl (C=O) groups is 2. The molecule has 3 rings (SSSR count). The van der Waals surface area contributed by atoms with Gasteiger partial charge in [0, 0.05) is 5.02 Å². The molecule has 0 aliphatic heterocycles. The maximum atomic E-state index is 12.4. The van der Waals surface area contributed by atoms with Crippen LogP contribution < -0.4 is 10.7 Å². The van der Waals surface area contributed by atoms with Crippen molar-refractivity contribution in [3.63, 3.8) is 0 Å². The van der Waals surface area contributed by atoms with E-state index in [1.165, 1.54) is 17.6 Å². The summed E-state index contributed by atoms with van der Waals surface area (Å²) >= 11 is 7.24. The van der Waals surface area contributed by atoms with E-state index in [4.69, 9.17) is 11.6 Å². The van der Waals surface area contributed by atoms with Crippen molar-refractivity contribution in [1.82, 2.24) is 5.43 Å². The van der Waals surface area contributed by atoms with Gasteiger partial charge in [-0.25, -0.2) is 5.43 Å². The van der Waals surface area contributed by atoms with E-state index in [0.29, 0.717) is 21.2 Å². The summed E-state index contributed by atoms with van der Waals surface area (Å²) in [6, 6.07) is 17.4. The third kappa shape index (κ3) is 4.56. The van der Waals surface area contributed by atoms with Crippen molar-refractivity contribution in [2.45, 2.75) is 0 Å². The second-order valence-corrected chi connectivity index (χ2v) is 6.62. The van der Waals surface area contributed by atoms with Crippen LogP contribution in [0.3, 0.4) is 0 Å². The van der Waals surface area contributed by atoms with Crippen molar-refractivity contribution in [2.24, 2.45) is 5.10 Å². The van der Waals surface area contributed by atoms with Gasteiger partial charge in [-0.05, 0) is 41.3 Å². The van der Waals surface area contributed by atoms with Gasteiger partial charge in [0.1, 0.15) is 0 Å². The highest BCUT2D eigenvalue weighted by Crippen LogP contribution is 2.18. The minimum atomic E-state index is -0.426. The molecule has 0 bridgehead atoms. The summed E-state index contributed by atoms with van der Waals surface area (Å²) in [6.45, 7) is 0. The second-order valence-electron chi connectivity index (χ2n) is 5.23. The van der Waals surface area contributed by atoms with Crippen molar-refractivity contribution < 1.29 is 9.59 Å². The SMILES string of the molecule is O=C(Nc1ccccc1C(=O)N/N=C\c1cccc(Cl)c1)c1cccs1. The van der Waals surface area contributed by atoms with E-state index in [-0.39, 0.29) is 5.91 Å². The number of benzene rings is 2. The first kappa shape index (κ1) is 17.8. The lowest BCUT2D eigenvalue weighted by molar-refractivity contribution is 0.0956. The van der Waals surface area contributed by atoms with Crippen LogP contribution in [0.15, 0.2) is 71.1 Å². The topological polar surface area (TPSA) is 70.6 Å². The van der Waals surface area contributed by atoms with Gasteiger partial charge in [0.05, 0.1) is 22.3 Å². The largest absolute Gasteiger partial charge is 0.321 e. The number of hydrazone groups is 1. The summed E-state index contributed by atoms with van der Waals surface area (Å²) in [5, 5.41) is 9.09. The first-order chi connectivity index (χ1) is 12.6. The van der Waals surface area contributed by atoms with Gasteiger partial charge in [-0.15, -0.1) is 11.3 Å². The van der Waals surface area contributed by atoms with Gasteiger partial charge in [0.15, 0.2) is 0 Å². The Morgan fingerprint density at radius 1 is 1.00 bits per heavy atom. The Bertz CT molecular complexity index is 955. The second kappa shape index (κ2) is 8.42. The molecule has 0 spiro atoms. The molecule has 7 heteroatoms. The van der Waals surface area contributed by atoms with Crippen molar-refractivity contribution >= 4 is 46.7 Å². The molecule has 0 atom stereocenters. The number of nitrogens with zero attached hydrogens (tertiary/aromatic N) is 1. The molecule has 26 heavy (non-hydrogen) atoms. The summed E-state index contributed by atoms with van der Waals surface area (Å²) in [6.07, 6.45) is 1.50. The van der Waals surface area contributed by atoms with Crippen LogP contribution in [0.5, 0.6) is 0 Å². The van der Waals surface area contributed by atoms with Crippen LogP contribution in [0.1, 0.15) is 25.6 Å². The number of amides is 2. The molecule has 1 aromatic heterocycles. The van der Waals surface area contributed by atoms with E-state index >= 15 is 0 Å². The van der Waals surface area contributed by atoms with E-state index in [1.807, 2.05) is 11.4 Å². The molecular formula is C19H14ClN3O2S. The number of anilines is 1. The maximum Gasteiger partial charge on any atom is 0.273 e. The smallest absolute Gasteiger partial charge is 0.273 e. The minimum absolute atomic E-state index is 0.261. The first-order valence-electron chi connectivity index (χ1n) is 7.66. The number of halogens is 1. The number of para-hydroxylation sites is 1.